The molecule has 0 aliphatic heterocycles. The van der Waals surface area contributed by atoms with Gasteiger partial charge in [0.15, 0.2) is 0 Å². The van der Waals surface area contributed by atoms with E-state index in [-0.39, 0.29) is 73.9 Å². The van der Waals surface area contributed by atoms with Crippen LogP contribution in [-0.2, 0) is 16.8 Å². The number of nitrogens with zero attached hydrogens (tertiary/aromatic N) is 6. The van der Waals surface area contributed by atoms with Crippen molar-refractivity contribution >= 4 is 55.7 Å². The quantitative estimate of drug-likeness (QED) is 0.0755. The maximum Gasteiger partial charge on any atom is 0.271 e. The number of nitro groups is 2. The molecule has 0 amide bonds. The van der Waals surface area contributed by atoms with Crippen LogP contribution in [0, 0.1) is 20.2 Å². The topological polar surface area (TPSA) is 217 Å². The first-order valence-corrected chi connectivity index (χ1v) is 13.3. The van der Waals surface area contributed by atoms with Crippen molar-refractivity contribution in [3.63, 3.8) is 0 Å². The van der Waals surface area contributed by atoms with Gasteiger partial charge in [-0.25, -0.2) is 0 Å². The minimum Gasteiger partial charge on any atom is -0.506 e. The number of benzene rings is 6. The molecule has 0 heterocycles. The molecule has 0 bridgehead atoms. The standard InChI is InChI=1S/2C16H11N3O4.Co/c2*20-14-8-6-11(19(22)23)9-13(14)17-18-16-12-4-2-1-3-10(12)5-7-15(16)21;/h2*1-9,20-21H;. The molecule has 0 spiro atoms. The first kappa shape index (κ1) is 33.4. The molecule has 0 saturated carbocycles. The second-order valence-corrected chi connectivity index (χ2v) is 9.57. The Kier molecular flexibility index (Phi) is 10.4. The van der Waals surface area contributed by atoms with Crippen LogP contribution < -0.4 is 0 Å². The van der Waals surface area contributed by atoms with Crippen molar-refractivity contribution in [1.29, 1.82) is 0 Å². The third-order valence-electron chi connectivity index (χ3n) is 6.61. The van der Waals surface area contributed by atoms with Gasteiger partial charge in [0.25, 0.3) is 11.4 Å². The molecule has 237 valence electrons. The molecule has 0 atom stereocenters. The van der Waals surface area contributed by atoms with Crippen LogP contribution in [0.4, 0.5) is 34.1 Å². The fourth-order valence-corrected chi connectivity index (χ4v) is 4.32. The summed E-state index contributed by atoms with van der Waals surface area (Å²) < 4.78 is 0. The van der Waals surface area contributed by atoms with E-state index in [1.54, 1.807) is 36.4 Å². The number of rotatable bonds is 6. The van der Waals surface area contributed by atoms with Crippen molar-refractivity contribution < 1.29 is 47.1 Å². The van der Waals surface area contributed by atoms with Gasteiger partial charge >= 0.3 is 0 Å². The van der Waals surface area contributed by atoms with Gasteiger partial charge < -0.3 is 20.4 Å². The molecule has 14 nitrogen and oxygen atoms in total. The largest absolute Gasteiger partial charge is 0.506 e. The summed E-state index contributed by atoms with van der Waals surface area (Å²) in [6, 6.07) is 28.0. The Morgan fingerprint density at radius 2 is 0.830 bits per heavy atom. The normalized spacial score (nSPS) is 10.9. The number of fused-ring (bicyclic) bond motifs is 2. The van der Waals surface area contributed by atoms with Gasteiger partial charge in [-0.3, -0.25) is 20.2 Å². The van der Waals surface area contributed by atoms with Crippen LogP contribution in [0.15, 0.2) is 130 Å². The fourth-order valence-electron chi connectivity index (χ4n) is 4.32. The maximum atomic E-state index is 10.8. The third kappa shape index (κ3) is 7.62. The second-order valence-electron chi connectivity index (χ2n) is 9.57. The summed E-state index contributed by atoms with van der Waals surface area (Å²) in [4.78, 5) is 20.4. The number of non-ortho nitro benzene ring substituents is 2. The first-order chi connectivity index (χ1) is 22.1. The van der Waals surface area contributed by atoms with Gasteiger partial charge in [-0.15, -0.1) is 20.5 Å². The predicted molar refractivity (Wildman–Crippen MR) is 169 cm³/mol. The second kappa shape index (κ2) is 14.6. The molecule has 0 aromatic heterocycles. The van der Waals surface area contributed by atoms with Crippen molar-refractivity contribution in [2.45, 2.75) is 0 Å². The van der Waals surface area contributed by atoms with Crippen LogP contribution in [0.1, 0.15) is 0 Å². The fraction of sp³-hybridized carbons (Fsp3) is 0. The average Bonchev–Trinajstić information content (AvgIpc) is 3.05. The summed E-state index contributed by atoms with van der Waals surface area (Å²) in [5, 5.41) is 79.7. The van der Waals surface area contributed by atoms with Crippen molar-refractivity contribution in [2.75, 3.05) is 0 Å². The van der Waals surface area contributed by atoms with Crippen LogP contribution in [0.5, 0.6) is 23.0 Å². The van der Waals surface area contributed by atoms with Gasteiger partial charge in [0.2, 0.25) is 0 Å². The van der Waals surface area contributed by atoms with Gasteiger partial charge in [0, 0.05) is 51.8 Å². The first-order valence-electron chi connectivity index (χ1n) is 13.3. The van der Waals surface area contributed by atoms with Crippen molar-refractivity contribution in [2.24, 2.45) is 20.5 Å². The molecular weight excluding hydrogens is 655 g/mol. The zero-order valence-electron chi connectivity index (χ0n) is 23.8. The van der Waals surface area contributed by atoms with E-state index in [9.17, 15) is 40.7 Å². The number of hydrogen-bond acceptors (Lipinski definition) is 12. The zero-order valence-corrected chi connectivity index (χ0v) is 24.9. The Balaban J connectivity index is 0.000000208. The summed E-state index contributed by atoms with van der Waals surface area (Å²) in [7, 11) is 0. The summed E-state index contributed by atoms with van der Waals surface area (Å²) in [6.07, 6.45) is 0. The van der Waals surface area contributed by atoms with Gasteiger partial charge in [0.05, 0.1) is 9.85 Å². The summed E-state index contributed by atoms with van der Waals surface area (Å²) in [6.45, 7) is 0. The Morgan fingerprint density at radius 3 is 1.21 bits per heavy atom. The van der Waals surface area contributed by atoms with E-state index in [2.05, 4.69) is 20.5 Å². The summed E-state index contributed by atoms with van der Waals surface area (Å²) in [5.41, 5.74) is -0.0566. The van der Waals surface area contributed by atoms with Crippen molar-refractivity contribution in [3.05, 3.63) is 129 Å². The summed E-state index contributed by atoms with van der Waals surface area (Å²) in [5.74, 6) is -0.618. The van der Waals surface area contributed by atoms with E-state index in [0.29, 0.717) is 10.8 Å². The number of azo groups is 2. The minimum absolute atomic E-state index is 0. The maximum absolute atomic E-state index is 10.8. The SMILES string of the molecule is O=[N+]([O-])c1ccc(O)c(N=Nc2c(O)ccc3ccccc23)c1.O=[N+]([O-])c1ccc(O)c(N=Nc2c(O)ccc3ccccc23)c1.[Co]. The minimum atomic E-state index is -0.589. The molecule has 4 N–H and O–H groups in total. The average molecular weight is 677 g/mol. The van der Waals surface area contributed by atoms with Gasteiger partial charge in [0.1, 0.15) is 45.7 Å². The molecule has 0 aliphatic carbocycles. The predicted octanol–water partition coefficient (Wildman–Crippen LogP) is 9.15. The summed E-state index contributed by atoms with van der Waals surface area (Å²) >= 11 is 0. The Hall–Kier alpha value is -6.45. The molecule has 0 fully saturated rings. The Morgan fingerprint density at radius 1 is 0.468 bits per heavy atom. The third-order valence-corrected chi connectivity index (χ3v) is 6.61. The van der Waals surface area contributed by atoms with E-state index < -0.39 is 9.85 Å². The molecule has 0 aliphatic rings. The number of phenols is 4. The Labute approximate surface area is 275 Å². The molecule has 1 radical (unpaired) electrons. The number of hydrogen-bond donors (Lipinski definition) is 4. The molecule has 6 rings (SSSR count). The molecule has 15 heteroatoms. The van der Waals surface area contributed by atoms with Crippen LogP contribution in [0.25, 0.3) is 21.5 Å². The van der Waals surface area contributed by atoms with Crippen molar-refractivity contribution in [3.8, 4) is 23.0 Å². The molecule has 47 heavy (non-hydrogen) atoms. The van der Waals surface area contributed by atoms with E-state index in [4.69, 9.17) is 0 Å². The number of aromatic hydroxyl groups is 4. The van der Waals surface area contributed by atoms with Gasteiger partial charge in [-0.05, 0) is 35.0 Å². The van der Waals surface area contributed by atoms with E-state index in [0.717, 1.165) is 22.9 Å². The molecule has 6 aromatic rings. The zero-order chi connectivity index (χ0) is 32.8. The van der Waals surface area contributed by atoms with Crippen LogP contribution in [-0.4, -0.2) is 30.3 Å². The van der Waals surface area contributed by atoms with E-state index in [1.165, 1.54) is 36.4 Å². The van der Waals surface area contributed by atoms with Gasteiger partial charge in [-0.1, -0.05) is 60.7 Å². The van der Waals surface area contributed by atoms with E-state index in [1.807, 2.05) is 24.3 Å². The number of nitro benzene ring substituents is 2. The molecular formula is C32H22CoN6O8. The van der Waals surface area contributed by atoms with Gasteiger partial charge in [-0.2, -0.15) is 0 Å². The smallest absolute Gasteiger partial charge is 0.271 e. The molecule has 0 saturated heterocycles. The van der Waals surface area contributed by atoms with Crippen LogP contribution in [0.3, 0.4) is 0 Å². The van der Waals surface area contributed by atoms with Crippen molar-refractivity contribution in [1.82, 2.24) is 0 Å². The monoisotopic (exact) mass is 677 g/mol. The molecule has 6 aromatic carbocycles. The van der Waals surface area contributed by atoms with Crippen LogP contribution in [0.2, 0.25) is 0 Å². The van der Waals surface area contributed by atoms with Crippen LogP contribution >= 0.6 is 0 Å². The van der Waals surface area contributed by atoms with E-state index >= 15 is 0 Å². The number of phenolic OH excluding ortho intramolecular Hbond substituents is 4. The molecule has 0 unspecified atom stereocenters. The Bertz CT molecular complexity index is 2040.